The molecule has 2 aromatic carbocycles. The number of carbonyl (C=O) groups excluding carboxylic acids is 2. The highest BCUT2D eigenvalue weighted by molar-refractivity contribution is 6.03. The number of carbonyl (C=O) groups is 2. The lowest BCUT2D eigenvalue weighted by molar-refractivity contribution is -0.124. The molecule has 25 heavy (non-hydrogen) atoms. The Morgan fingerprint density at radius 3 is 2.64 bits per heavy atom. The van der Waals surface area contributed by atoms with Gasteiger partial charge in [-0.15, -0.1) is 0 Å². The quantitative estimate of drug-likeness (QED) is 0.862. The average molecular weight is 342 g/mol. The van der Waals surface area contributed by atoms with Crippen LogP contribution in [0, 0.1) is 5.82 Å². The number of hydrogen-bond donors (Lipinski definition) is 0. The van der Waals surface area contributed by atoms with E-state index in [4.69, 9.17) is 4.74 Å². The fourth-order valence-corrected chi connectivity index (χ4v) is 2.98. The predicted octanol–water partition coefficient (Wildman–Crippen LogP) is 2.71. The minimum Gasteiger partial charge on any atom is -0.497 e. The van der Waals surface area contributed by atoms with E-state index in [-0.39, 0.29) is 24.0 Å². The number of piperazine rings is 1. The fourth-order valence-electron chi connectivity index (χ4n) is 2.98. The van der Waals surface area contributed by atoms with Crippen molar-refractivity contribution in [1.82, 2.24) is 4.90 Å². The van der Waals surface area contributed by atoms with Gasteiger partial charge in [-0.1, -0.05) is 18.2 Å². The molecule has 1 aliphatic heterocycles. The van der Waals surface area contributed by atoms with E-state index in [1.165, 1.54) is 23.0 Å². The van der Waals surface area contributed by atoms with Crippen molar-refractivity contribution >= 4 is 17.5 Å². The lowest BCUT2D eigenvalue weighted by Gasteiger charge is -2.39. The normalized spacial score (nSPS) is 17.6. The number of rotatable bonds is 3. The van der Waals surface area contributed by atoms with Crippen molar-refractivity contribution in [2.24, 2.45) is 0 Å². The minimum absolute atomic E-state index is 0.243. The van der Waals surface area contributed by atoms with E-state index in [1.54, 1.807) is 49.4 Å². The number of nitrogens with zero attached hydrogens (tertiary/aromatic N) is 2. The number of halogens is 1. The van der Waals surface area contributed by atoms with Crippen molar-refractivity contribution in [2.45, 2.75) is 13.0 Å². The summed E-state index contributed by atoms with van der Waals surface area (Å²) < 4.78 is 19.1. The molecule has 0 N–H and O–H groups in total. The highest BCUT2D eigenvalue weighted by Gasteiger charge is 2.36. The maximum absolute atomic E-state index is 14.0. The van der Waals surface area contributed by atoms with Crippen LogP contribution in [0.2, 0.25) is 0 Å². The molecular weight excluding hydrogens is 323 g/mol. The highest BCUT2D eigenvalue weighted by atomic mass is 19.1. The van der Waals surface area contributed by atoms with E-state index < -0.39 is 11.9 Å². The summed E-state index contributed by atoms with van der Waals surface area (Å²) in [6.45, 7) is 2.24. The van der Waals surface area contributed by atoms with E-state index >= 15 is 0 Å². The third kappa shape index (κ3) is 3.20. The van der Waals surface area contributed by atoms with Crippen LogP contribution in [0.15, 0.2) is 48.5 Å². The number of para-hydroxylation sites is 1. The first kappa shape index (κ1) is 17.0. The molecule has 1 heterocycles. The van der Waals surface area contributed by atoms with Gasteiger partial charge in [0.25, 0.3) is 5.91 Å². The average Bonchev–Trinajstić information content (AvgIpc) is 2.64. The zero-order valence-electron chi connectivity index (χ0n) is 14.1. The fraction of sp³-hybridized carbons (Fsp3) is 0.263. The lowest BCUT2D eigenvalue weighted by Crippen LogP contribution is -2.58. The van der Waals surface area contributed by atoms with Gasteiger partial charge < -0.3 is 14.5 Å². The second-order valence-corrected chi connectivity index (χ2v) is 5.85. The summed E-state index contributed by atoms with van der Waals surface area (Å²) in [5.41, 5.74) is 0.700. The molecule has 130 valence electrons. The van der Waals surface area contributed by atoms with Gasteiger partial charge in [0.2, 0.25) is 5.91 Å². The number of ether oxygens (including phenoxy) is 1. The number of benzene rings is 2. The second kappa shape index (κ2) is 6.93. The van der Waals surface area contributed by atoms with Gasteiger partial charge in [-0.25, -0.2) is 4.39 Å². The third-order valence-electron chi connectivity index (χ3n) is 4.38. The van der Waals surface area contributed by atoms with Gasteiger partial charge in [-0.05, 0) is 37.3 Å². The Hall–Kier alpha value is -2.89. The molecule has 2 amide bonds. The van der Waals surface area contributed by atoms with Crippen molar-refractivity contribution in [2.75, 3.05) is 25.1 Å². The van der Waals surface area contributed by atoms with Crippen molar-refractivity contribution in [3.05, 3.63) is 59.9 Å². The van der Waals surface area contributed by atoms with Crippen LogP contribution in [0.1, 0.15) is 17.3 Å². The summed E-state index contributed by atoms with van der Waals surface area (Å²) in [4.78, 5) is 28.4. The molecule has 1 aliphatic rings. The van der Waals surface area contributed by atoms with Gasteiger partial charge >= 0.3 is 0 Å². The zero-order valence-corrected chi connectivity index (χ0v) is 14.1. The van der Waals surface area contributed by atoms with Gasteiger partial charge in [-0.2, -0.15) is 0 Å². The topological polar surface area (TPSA) is 49.9 Å². The van der Waals surface area contributed by atoms with Crippen LogP contribution < -0.4 is 9.64 Å². The van der Waals surface area contributed by atoms with Gasteiger partial charge in [0.05, 0.1) is 12.8 Å². The number of hydrogen-bond acceptors (Lipinski definition) is 3. The minimum atomic E-state index is -0.674. The predicted molar refractivity (Wildman–Crippen MR) is 92.2 cm³/mol. The van der Waals surface area contributed by atoms with E-state index in [0.717, 1.165) is 0 Å². The first-order valence-electron chi connectivity index (χ1n) is 8.04. The molecule has 0 bridgehead atoms. The van der Waals surface area contributed by atoms with Crippen LogP contribution in [-0.4, -0.2) is 43.0 Å². The number of methoxy groups -OCH3 is 1. The Labute approximate surface area is 145 Å². The second-order valence-electron chi connectivity index (χ2n) is 5.85. The Kier molecular flexibility index (Phi) is 4.70. The SMILES string of the molecule is COc1cccc(C(=O)N2CCN(c3ccccc3F)C(=O)C2C)c1. The van der Waals surface area contributed by atoms with Crippen molar-refractivity contribution in [3.8, 4) is 5.75 Å². The Morgan fingerprint density at radius 1 is 1.16 bits per heavy atom. The van der Waals surface area contributed by atoms with Gasteiger partial charge in [0.15, 0.2) is 0 Å². The molecule has 0 saturated carbocycles. The molecule has 5 nitrogen and oxygen atoms in total. The maximum Gasteiger partial charge on any atom is 0.254 e. The van der Waals surface area contributed by atoms with Gasteiger partial charge in [0, 0.05) is 18.7 Å². The molecule has 0 aliphatic carbocycles. The van der Waals surface area contributed by atoms with Crippen LogP contribution >= 0.6 is 0 Å². The molecule has 0 spiro atoms. The third-order valence-corrected chi connectivity index (χ3v) is 4.38. The van der Waals surface area contributed by atoms with E-state index in [1.807, 2.05) is 0 Å². The van der Waals surface area contributed by atoms with E-state index in [0.29, 0.717) is 17.9 Å². The largest absolute Gasteiger partial charge is 0.497 e. The summed E-state index contributed by atoms with van der Waals surface area (Å²) in [7, 11) is 1.53. The monoisotopic (exact) mass is 342 g/mol. The molecule has 1 saturated heterocycles. The smallest absolute Gasteiger partial charge is 0.254 e. The molecule has 0 radical (unpaired) electrons. The van der Waals surface area contributed by atoms with E-state index in [2.05, 4.69) is 0 Å². The Bertz CT molecular complexity index is 809. The summed E-state index contributed by atoms with van der Waals surface area (Å²) in [6.07, 6.45) is 0. The van der Waals surface area contributed by atoms with Crippen molar-refractivity contribution in [1.29, 1.82) is 0 Å². The van der Waals surface area contributed by atoms with E-state index in [9.17, 15) is 14.0 Å². The van der Waals surface area contributed by atoms with Crippen molar-refractivity contribution < 1.29 is 18.7 Å². The molecule has 2 aromatic rings. The molecule has 1 atom stereocenters. The van der Waals surface area contributed by atoms with Gasteiger partial charge in [-0.3, -0.25) is 9.59 Å². The lowest BCUT2D eigenvalue weighted by atomic mass is 10.1. The Morgan fingerprint density at radius 2 is 1.92 bits per heavy atom. The Balaban J connectivity index is 1.82. The van der Waals surface area contributed by atoms with Crippen LogP contribution in [-0.2, 0) is 4.79 Å². The first-order chi connectivity index (χ1) is 12.0. The summed E-state index contributed by atoms with van der Waals surface area (Å²) in [6, 6.07) is 12.3. The molecule has 0 aromatic heterocycles. The number of amides is 2. The van der Waals surface area contributed by atoms with Crippen molar-refractivity contribution in [3.63, 3.8) is 0 Å². The molecule has 1 unspecified atom stereocenters. The summed E-state index contributed by atoms with van der Waals surface area (Å²) in [5, 5.41) is 0. The van der Waals surface area contributed by atoms with Crippen LogP contribution in [0.4, 0.5) is 10.1 Å². The van der Waals surface area contributed by atoms with Crippen LogP contribution in [0.3, 0.4) is 0 Å². The summed E-state index contributed by atoms with van der Waals surface area (Å²) >= 11 is 0. The molecule has 1 fully saturated rings. The summed E-state index contributed by atoms with van der Waals surface area (Å²) in [5.74, 6) is -0.411. The van der Waals surface area contributed by atoms with Crippen LogP contribution in [0.25, 0.3) is 0 Å². The number of anilines is 1. The highest BCUT2D eigenvalue weighted by Crippen LogP contribution is 2.24. The standard InChI is InChI=1S/C19H19FN2O3/c1-13-18(23)22(17-9-4-3-8-16(17)20)11-10-21(13)19(24)14-6-5-7-15(12-14)25-2/h3-9,12-13H,10-11H2,1-2H3. The zero-order chi connectivity index (χ0) is 18.0. The van der Waals surface area contributed by atoms with Crippen LogP contribution in [0.5, 0.6) is 5.75 Å². The molecular formula is C19H19FN2O3. The first-order valence-corrected chi connectivity index (χ1v) is 8.04. The van der Waals surface area contributed by atoms with Gasteiger partial charge in [0.1, 0.15) is 17.6 Å². The molecule has 6 heteroatoms. The molecule has 3 rings (SSSR count). The maximum atomic E-state index is 14.0.